The third-order valence-electron chi connectivity index (χ3n) is 5.41. The van der Waals surface area contributed by atoms with E-state index in [-0.39, 0.29) is 0 Å². The highest BCUT2D eigenvalue weighted by molar-refractivity contribution is 6.03. The molecule has 0 N–H and O–H groups in total. The van der Waals surface area contributed by atoms with E-state index in [1.54, 1.807) is 0 Å². The van der Waals surface area contributed by atoms with Crippen molar-refractivity contribution in [2.45, 2.75) is 0 Å². The van der Waals surface area contributed by atoms with Crippen LogP contribution in [-0.2, 0) is 4.74 Å². The van der Waals surface area contributed by atoms with Gasteiger partial charge in [-0.2, -0.15) is 5.26 Å². The number of morpholine rings is 1. The summed E-state index contributed by atoms with van der Waals surface area (Å²) >= 11 is 0. The minimum atomic E-state index is 0.647. The number of allylic oxidation sites excluding steroid dienone is 1. The Labute approximate surface area is 184 Å². The van der Waals surface area contributed by atoms with Crippen molar-refractivity contribution in [2.75, 3.05) is 39.5 Å². The summed E-state index contributed by atoms with van der Waals surface area (Å²) in [6, 6.07) is 30.4. The zero-order valence-electron chi connectivity index (χ0n) is 17.5. The summed E-state index contributed by atoms with van der Waals surface area (Å²) < 4.78 is 11.3. The van der Waals surface area contributed by atoms with Crippen molar-refractivity contribution in [3.05, 3.63) is 102 Å². The zero-order chi connectivity index (χ0) is 21.3. The number of hydrogen-bond acceptors (Lipinski definition) is 4. The van der Waals surface area contributed by atoms with Gasteiger partial charge in [-0.3, -0.25) is 4.90 Å². The van der Waals surface area contributed by atoms with Crippen LogP contribution in [0.2, 0.25) is 0 Å². The van der Waals surface area contributed by atoms with E-state index in [0.717, 1.165) is 60.9 Å². The Kier molecular flexibility index (Phi) is 7.12. The largest absolute Gasteiger partial charge is 0.492 e. The van der Waals surface area contributed by atoms with E-state index in [1.807, 2.05) is 84.9 Å². The van der Waals surface area contributed by atoms with Gasteiger partial charge in [0.2, 0.25) is 0 Å². The number of ether oxygens (including phenoxy) is 2. The van der Waals surface area contributed by atoms with Gasteiger partial charge in [-0.05, 0) is 28.8 Å². The van der Waals surface area contributed by atoms with Crippen LogP contribution in [0, 0.1) is 11.3 Å². The summed E-state index contributed by atoms with van der Waals surface area (Å²) in [5.41, 5.74) is 4.51. The standard InChI is InChI=1S/C27H26N2O2/c28-21-26(22-7-3-1-4-8-22)27(23-9-5-2-6-10-23)24-11-13-25(14-12-24)31-20-17-29-15-18-30-19-16-29/h1-14H,15-20H2. The van der Waals surface area contributed by atoms with Crippen molar-refractivity contribution in [2.24, 2.45) is 0 Å². The maximum Gasteiger partial charge on any atom is 0.119 e. The van der Waals surface area contributed by atoms with Crippen LogP contribution in [0.3, 0.4) is 0 Å². The molecule has 0 spiro atoms. The molecule has 4 rings (SSSR count). The van der Waals surface area contributed by atoms with Crippen LogP contribution in [0.25, 0.3) is 11.1 Å². The Morgan fingerprint density at radius 1 is 0.806 bits per heavy atom. The van der Waals surface area contributed by atoms with E-state index in [1.165, 1.54) is 0 Å². The second-order valence-electron chi connectivity index (χ2n) is 7.42. The maximum atomic E-state index is 10.0. The van der Waals surface area contributed by atoms with E-state index < -0.39 is 0 Å². The Balaban J connectivity index is 1.57. The first-order valence-corrected chi connectivity index (χ1v) is 10.6. The van der Waals surface area contributed by atoms with Gasteiger partial charge in [0.1, 0.15) is 18.4 Å². The van der Waals surface area contributed by atoms with E-state index in [0.29, 0.717) is 12.2 Å². The van der Waals surface area contributed by atoms with Crippen LogP contribution in [0.1, 0.15) is 16.7 Å². The molecule has 0 unspecified atom stereocenters. The minimum Gasteiger partial charge on any atom is -0.492 e. The molecule has 31 heavy (non-hydrogen) atoms. The van der Waals surface area contributed by atoms with Crippen LogP contribution in [0.5, 0.6) is 5.75 Å². The Morgan fingerprint density at radius 2 is 1.39 bits per heavy atom. The van der Waals surface area contributed by atoms with E-state index in [2.05, 4.69) is 11.0 Å². The number of rotatable bonds is 7. The molecule has 1 saturated heterocycles. The van der Waals surface area contributed by atoms with E-state index >= 15 is 0 Å². The zero-order valence-corrected chi connectivity index (χ0v) is 17.5. The molecular formula is C27H26N2O2. The van der Waals surface area contributed by atoms with Gasteiger partial charge in [0.25, 0.3) is 0 Å². The van der Waals surface area contributed by atoms with E-state index in [9.17, 15) is 5.26 Å². The molecule has 0 atom stereocenters. The van der Waals surface area contributed by atoms with Crippen molar-refractivity contribution < 1.29 is 9.47 Å². The number of hydrogen-bond donors (Lipinski definition) is 0. The van der Waals surface area contributed by atoms with Gasteiger partial charge >= 0.3 is 0 Å². The van der Waals surface area contributed by atoms with Gasteiger partial charge in [-0.15, -0.1) is 0 Å². The van der Waals surface area contributed by atoms with Crippen LogP contribution >= 0.6 is 0 Å². The first-order valence-electron chi connectivity index (χ1n) is 10.6. The van der Waals surface area contributed by atoms with Crippen molar-refractivity contribution in [3.63, 3.8) is 0 Å². The summed E-state index contributed by atoms with van der Waals surface area (Å²) in [7, 11) is 0. The van der Waals surface area contributed by atoms with Gasteiger partial charge < -0.3 is 9.47 Å². The second kappa shape index (κ2) is 10.6. The van der Waals surface area contributed by atoms with Crippen molar-refractivity contribution in [3.8, 4) is 11.8 Å². The molecule has 1 aliphatic heterocycles. The highest BCUT2D eigenvalue weighted by Crippen LogP contribution is 2.32. The molecule has 0 radical (unpaired) electrons. The summed E-state index contributed by atoms with van der Waals surface area (Å²) in [5.74, 6) is 0.836. The van der Waals surface area contributed by atoms with Crippen molar-refractivity contribution >= 4 is 11.1 Å². The van der Waals surface area contributed by atoms with Crippen molar-refractivity contribution in [1.82, 2.24) is 4.90 Å². The molecule has 0 aliphatic carbocycles. The lowest BCUT2D eigenvalue weighted by Crippen LogP contribution is -2.38. The third kappa shape index (κ3) is 5.40. The lowest BCUT2D eigenvalue weighted by atomic mass is 9.90. The second-order valence-corrected chi connectivity index (χ2v) is 7.42. The first-order chi connectivity index (χ1) is 15.3. The molecule has 1 fully saturated rings. The molecule has 3 aromatic rings. The summed E-state index contributed by atoms with van der Waals surface area (Å²) in [4.78, 5) is 2.35. The Bertz CT molecular complexity index is 1030. The molecule has 0 bridgehead atoms. The summed E-state index contributed by atoms with van der Waals surface area (Å²) in [6.07, 6.45) is 0. The summed E-state index contributed by atoms with van der Waals surface area (Å²) in [5, 5.41) is 10.0. The highest BCUT2D eigenvalue weighted by atomic mass is 16.5. The van der Waals surface area contributed by atoms with Crippen LogP contribution < -0.4 is 4.74 Å². The highest BCUT2D eigenvalue weighted by Gasteiger charge is 2.14. The van der Waals surface area contributed by atoms with Crippen molar-refractivity contribution in [1.29, 1.82) is 5.26 Å². The molecule has 4 nitrogen and oxygen atoms in total. The molecular weight excluding hydrogens is 384 g/mol. The van der Waals surface area contributed by atoms with Crippen LogP contribution in [-0.4, -0.2) is 44.4 Å². The molecule has 1 aliphatic rings. The number of nitrogens with zero attached hydrogens (tertiary/aromatic N) is 2. The Morgan fingerprint density at radius 3 is 2.00 bits per heavy atom. The van der Waals surface area contributed by atoms with Gasteiger partial charge in [-0.25, -0.2) is 0 Å². The predicted molar refractivity (Wildman–Crippen MR) is 124 cm³/mol. The van der Waals surface area contributed by atoms with E-state index in [4.69, 9.17) is 9.47 Å². The summed E-state index contributed by atoms with van der Waals surface area (Å²) in [6.45, 7) is 5.06. The SMILES string of the molecule is N#CC(=C(c1ccccc1)c1ccc(OCCN2CCOCC2)cc1)c1ccccc1. The number of nitriles is 1. The molecule has 4 heteroatoms. The van der Waals surface area contributed by atoms with Crippen LogP contribution in [0.15, 0.2) is 84.9 Å². The Hall–Kier alpha value is -3.39. The monoisotopic (exact) mass is 410 g/mol. The average molecular weight is 411 g/mol. The quantitative estimate of drug-likeness (QED) is 0.411. The molecule has 3 aromatic carbocycles. The molecule has 1 heterocycles. The van der Waals surface area contributed by atoms with Gasteiger partial charge in [0, 0.05) is 25.2 Å². The first kappa shape index (κ1) is 20.9. The lowest BCUT2D eigenvalue weighted by molar-refractivity contribution is 0.0322. The van der Waals surface area contributed by atoms with Crippen LogP contribution in [0.4, 0.5) is 0 Å². The predicted octanol–water partition coefficient (Wildman–Crippen LogP) is 4.88. The fourth-order valence-electron chi connectivity index (χ4n) is 3.76. The smallest absolute Gasteiger partial charge is 0.119 e. The lowest BCUT2D eigenvalue weighted by Gasteiger charge is -2.26. The number of benzene rings is 3. The fourth-order valence-corrected chi connectivity index (χ4v) is 3.76. The fraction of sp³-hybridized carbons (Fsp3) is 0.222. The van der Waals surface area contributed by atoms with Gasteiger partial charge in [0.15, 0.2) is 0 Å². The molecule has 156 valence electrons. The molecule has 0 amide bonds. The minimum absolute atomic E-state index is 0.647. The average Bonchev–Trinajstić information content (AvgIpc) is 2.85. The normalized spacial score (nSPS) is 15.1. The molecule has 0 aromatic heterocycles. The topological polar surface area (TPSA) is 45.5 Å². The molecule has 0 saturated carbocycles. The van der Waals surface area contributed by atoms with Gasteiger partial charge in [-0.1, -0.05) is 72.8 Å². The maximum absolute atomic E-state index is 10.0. The van der Waals surface area contributed by atoms with Gasteiger partial charge in [0.05, 0.1) is 18.8 Å². The third-order valence-corrected chi connectivity index (χ3v) is 5.41.